The number of hydroxylamine groups is 2. The van der Waals surface area contributed by atoms with Crippen LogP contribution in [-0.4, -0.2) is 83.5 Å². The van der Waals surface area contributed by atoms with Crippen molar-refractivity contribution in [3.05, 3.63) is 95.8 Å². The van der Waals surface area contributed by atoms with Crippen LogP contribution in [0.25, 0.3) is 0 Å². The normalized spacial score (nSPS) is 18.0. The van der Waals surface area contributed by atoms with Crippen molar-refractivity contribution in [2.24, 2.45) is 0 Å². The topological polar surface area (TPSA) is 188 Å². The summed E-state index contributed by atoms with van der Waals surface area (Å²) in [5.41, 5.74) is 5.18. The molecule has 3 heterocycles. The first-order valence-corrected chi connectivity index (χ1v) is 22.9. The van der Waals surface area contributed by atoms with E-state index in [-0.39, 0.29) is 42.5 Å². The van der Waals surface area contributed by atoms with E-state index in [0.29, 0.717) is 17.4 Å². The molecular formula is C42H52N4O12S3. The van der Waals surface area contributed by atoms with Crippen LogP contribution in [-0.2, 0) is 58.8 Å². The van der Waals surface area contributed by atoms with Gasteiger partial charge >= 0.3 is 5.97 Å². The SMILES string of the molecule is CCN1/C(=C/C=C/C=C/C=C/C2=[N+](CCCCSOO[O-])c3ccc(SOOO)cc3C2(C)C)C(C)(C)c2cc(S(=O)(=O)N(C)CCCC(=O)ON3C(=O)CCC3=O)ccc21. The number of carbonyl (C=O) groups excluding carboxylic acids is 3. The van der Waals surface area contributed by atoms with Crippen LogP contribution in [0.15, 0.2) is 94.4 Å². The zero-order chi connectivity index (χ0) is 44.4. The third kappa shape index (κ3) is 11.1. The summed E-state index contributed by atoms with van der Waals surface area (Å²) >= 11 is 1.89. The van der Waals surface area contributed by atoms with Gasteiger partial charge in [0.05, 0.1) is 22.4 Å². The standard InChI is InChI=1S/C42H52N4O12S3/c1-7-44-34-22-20-31(61(52,53)43(6)25-15-18-40(49)54-46-38(47)23-24-39(46)48)29-33(34)42(4,5)36(44)16-11-9-8-10-12-17-37-41(2,3)32-28-30(60-58-56-51)19-21-35(32)45(37)26-13-14-27-59-57-55-50/h8-12,16-17,19-22,28-29H,7,13-15,18,23-27H2,1-6H3,(H-,50,51). The van der Waals surface area contributed by atoms with Crippen molar-refractivity contribution in [2.45, 2.75) is 93.8 Å². The van der Waals surface area contributed by atoms with Gasteiger partial charge in [-0.15, -0.1) is 9.40 Å². The maximum Gasteiger partial charge on any atom is 0.333 e. The van der Waals surface area contributed by atoms with Crippen molar-refractivity contribution in [3.63, 3.8) is 0 Å². The van der Waals surface area contributed by atoms with Gasteiger partial charge in [-0.1, -0.05) is 49.3 Å². The fourth-order valence-corrected chi connectivity index (χ4v) is 9.74. The molecule has 0 spiro atoms. The number of hydrogen-bond donors (Lipinski definition) is 1. The molecule has 2 amide bonds. The molecule has 16 nitrogen and oxygen atoms in total. The van der Waals surface area contributed by atoms with Crippen LogP contribution in [0.4, 0.5) is 11.4 Å². The minimum absolute atomic E-state index is 0.00736. The predicted molar refractivity (Wildman–Crippen MR) is 228 cm³/mol. The second kappa shape index (κ2) is 21.3. The number of amides is 2. The molecule has 1 N–H and O–H groups in total. The number of nitrogens with zero attached hydrogens (tertiary/aromatic N) is 4. The van der Waals surface area contributed by atoms with Crippen LogP contribution in [0.1, 0.15) is 84.3 Å². The van der Waals surface area contributed by atoms with Crippen molar-refractivity contribution < 1.29 is 61.5 Å². The van der Waals surface area contributed by atoms with Crippen LogP contribution < -0.4 is 10.2 Å². The number of benzene rings is 2. The Labute approximate surface area is 365 Å². The first kappa shape index (κ1) is 47.9. The van der Waals surface area contributed by atoms with Crippen LogP contribution in [0.3, 0.4) is 0 Å². The highest BCUT2D eigenvalue weighted by Crippen LogP contribution is 2.48. The number of likely N-dealkylation sites (N-methyl/N-ethyl adjacent to an activating group) is 1. The Bertz CT molecular complexity index is 2200. The smallest absolute Gasteiger partial charge is 0.333 e. The largest absolute Gasteiger partial charge is 0.691 e. The quantitative estimate of drug-likeness (QED) is 0.0256. The molecule has 2 aromatic rings. The molecule has 0 unspecified atom stereocenters. The summed E-state index contributed by atoms with van der Waals surface area (Å²) in [5.74, 6) is -1.32. The van der Waals surface area contributed by atoms with Crippen LogP contribution in [0.5, 0.6) is 0 Å². The summed E-state index contributed by atoms with van der Waals surface area (Å²) < 4.78 is 39.9. The lowest BCUT2D eigenvalue weighted by atomic mass is 9.81. The summed E-state index contributed by atoms with van der Waals surface area (Å²) in [4.78, 5) is 43.7. The van der Waals surface area contributed by atoms with E-state index in [1.807, 2.05) is 67.6 Å². The zero-order valence-corrected chi connectivity index (χ0v) is 37.5. The Balaban J connectivity index is 1.25. The molecule has 0 radical (unpaired) electrons. The van der Waals surface area contributed by atoms with Gasteiger partial charge in [0.2, 0.25) is 15.7 Å². The average Bonchev–Trinajstić information content (AvgIpc) is 3.74. The lowest BCUT2D eigenvalue weighted by Gasteiger charge is -2.25. The monoisotopic (exact) mass is 900 g/mol. The fraction of sp³-hybridized carbons (Fsp3) is 0.429. The lowest BCUT2D eigenvalue weighted by Crippen LogP contribution is -2.32. The van der Waals surface area contributed by atoms with Crippen molar-refractivity contribution in [3.8, 4) is 0 Å². The molecular weight excluding hydrogens is 849 g/mol. The highest BCUT2D eigenvalue weighted by atomic mass is 32.2. The van der Waals surface area contributed by atoms with Gasteiger partial charge < -0.3 is 15.0 Å². The molecule has 5 rings (SSSR count). The highest BCUT2D eigenvalue weighted by Gasteiger charge is 2.44. The summed E-state index contributed by atoms with van der Waals surface area (Å²) in [6.45, 7) is 11.9. The summed E-state index contributed by atoms with van der Waals surface area (Å²) in [6, 6.07) is 11.1. The maximum atomic E-state index is 13.7. The van der Waals surface area contributed by atoms with Gasteiger partial charge in [-0.2, -0.15) is 8.91 Å². The Kier molecular flexibility index (Phi) is 16.7. The van der Waals surface area contributed by atoms with Crippen molar-refractivity contribution in [2.75, 3.05) is 37.3 Å². The number of imide groups is 1. The number of rotatable bonds is 22. The molecule has 61 heavy (non-hydrogen) atoms. The minimum atomic E-state index is -3.92. The van der Waals surface area contributed by atoms with Crippen LogP contribution in [0, 0.1) is 0 Å². The van der Waals surface area contributed by atoms with Crippen molar-refractivity contribution in [1.29, 1.82) is 0 Å². The number of carbonyl (C=O) groups is 3. The van der Waals surface area contributed by atoms with Gasteiger partial charge in [-0.25, -0.2) is 22.8 Å². The first-order valence-electron chi connectivity index (χ1n) is 19.8. The Hall–Kier alpha value is -4.15. The molecule has 2 aromatic carbocycles. The number of fused-ring (bicyclic) bond motifs is 2. The van der Waals surface area contributed by atoms with E-state index in [1.54, 1.807) is 12.1 Å². The fourth-order valence-electron chi connectivity index (χ4n) is 7.68. The molecule has 1 saturated heterocycles. The van der Waals surface area contributed by atoms with Crippen LogP contribution in [0.2, 0.25) is 0 Å². The average molecular weight is 901 g/mol. The third-order valence-corrected chi connectivity index (χ3v) is 13.9. The number of anilines is 1. The Morgan fingerprint density at radius 2 is 1.67 bits per heavy atom. The van der Waals surface area contributed by atoms with E-state index in [9.17, 15) is 28.1 Å². The number of hydrogen-bond acceptors (Lipinski definition) is 15. The lowest BCUT2D eigenvalue weighted by molar-refractivity contribution is -0.777. The molecule has 0 aliphatic carbocycles. The number of sulfonamides is 1. The predicted octanol–water partition coefficient (Wildman–Crippen LogP) is 6.52. The second-order valence-corrected chi connectivity index (χ2v) is 19.0. The molecule has 0 bridgehead atoms. The van der Waals surface area contributed by atoms with E-state index in [4.69, 9.17) is 10.1 Å². The van der Waals surface area contributed by atoms with Gasteiger partial charge in [0.15, 0.2) is 5.71 Å². The molecule has 3 aliphatic heterocycles. The summed E-state index contributed by atoms with van der Waals surface area (Å²) in [5, 5.41) is 26.5. The van der Waals surface area contributed by atoms with E-state index >= 15 is 0 Å². The molecule has 0 saturated carbocycles. The number of unbranched alkanes of at least 4 members (excludes halogenated alkanes) is 1. The van der Waals surface area contributed by atoms with Gasteiger partial charge in [0, 0.05) is 103 Å². The number of allylic oxidation sites excluding steroid dienone is 8. The first-order chi connectivity index (χ1) is 29.1. The molecule has 1 fully saturated rings. The van der Waals surface area contributed by atoms with Gasteiger partial charge in [-0.05, 0) is 75.6 Å². The Morgan fingerprint density at radius 3 is 2.38 bits per heavy atom. The van der Waals surface area contributed by atoms with E-state index in [0.717, 1.165) is 82.3 Å². The Morgan fingerprint density at radius 1 is 0.951 bits per heavy atom. The zero-order valence-electron chi connectivity index (χ0n) is 35.0. The molecule has 19 heteroatoms. The van der Waals surface area contributed by atoms with Crippen LogP contribution >= 0.6 is 24.1 Å². The maximum absolute atomic E-state index is 13.7. The van der Waals surface area contributed by atoms with Crippen molar-refractivity contribution in [1.82, 2.24) is 9.37 Å². The van der Waals surface area contributed by atoms with Crippen molar-refractivity contribution >= 4 is 69.0 Å². The van der Waals surface area contributed by atoms with E-state index < -0.39 is 33.2 Å². The van der Waals surface area contributed by atoms with Gasteiger partial charge in [-0.3, -0.25) is 14.6 Å². The van der Waals surface area contributed by atoms with Gasteiger partial charge in [0.25, 0.3) is 11.8 Å². The molecule has 3 aliphatic rings. The molecule has 0 aromatic heterocycles. The second-order valence-electron chi connectivity index (χ2n) is 15.4. The van der Waals surface area contributed by atoms with Gasteiger partial charge in [0.1, 0.15) is 6.54 Å². The van der Waals surface area contributed by atoms with E-state index in [1.165, 1.54) is 11.4 Å². The highest BCUT2D eigenvalue weighted by molar-refractivity contribution is 7.94. The summed E-state index contributed by atoms with van der Waals surface area (Å²) in [6.07, 6.45) is 15.6. The third-order valence-electron chi connectivity index (χ3n) is 10.9. The van der Waals surface area contributed by atoms with E-state index in [2.05, 4.69) is 62.0 Å². The summed E-state index contributed by atoms with van der Waals surface area (Å²) in [7, 11) is -2.47. The molecule has 330 valence electrons. The minimum Gasteiger partial charge on any atom is -0.691 e. The molecule has 0 atom stereocenters.